The van der Waals surface area contributed by atoms with E-state index in [-0.39, 0.29) is 32.4 Å². The first kappa shape index (κ1) is 34.7. The molecule has 2 unspecified atom stereocenters. The Morgan fingerprint density at radius 1 is 0.841 bits per heavy atom. The number of rotatable bonds is 17. The van der Waals surface area contributed by atoms with Crippen LogP contribution in [0.5, 0.6) is 0 Å². The fourth-order valence-electron chi connectivity index (χ4n) is 4.24. The second kappa shape index (κ2) is 17.5. The first-order valence-electron chi connectivity index (χ1n) is 14.6. The van der Waals surface area contributed by atoms with Gasteiger partial charge in [0.25, 0.3) is 0 Å². The smallest absolute Gasteiger partial charge is 0.344 e. The maximum Gasteiger partial charge on any atom is 0.344 e. The fourth-order valence-corrected chi connectivity index (χ4v) is 5.38. The molecule has 10 nitrogen and oxygen atoms in total. The van der Waals surface area contributed by atoms with Gasteiger partial charge in [-0.15, -0.1) is 0 Å². The molecule has 1 amide bonds. The first-order valence-corrected chi connectivity index (χ1v) is 16.4. The molecule has 0 aromatic heterocycles. The molecule has 11 heteroatoms. The van der Waals surface area contributed by atoms with Gasteiger partial charge >= 0.3 is 19.5 Å². The van der Waals surface area contributed by atoms with Crippen molar-refractivity contribution in [2.75, 3.05) is 19.4 Å². The van der Waals surface area contributed by atoms with Crippen LogP contribution in [0.4, 0.5) is 0 Å². The summed E-state index contributed by atoms with van der Waals surface area (Å²) in [5, 5.41) is 5.54. The minimum absolute atomic E-state index is 0.00983. The van der Waals surface area contributed by atoms with E-state index in [2.05, 4.69) is 10.6 Å². The highest BCUT2D eigenvalue weighted by Gasteiger charge is 2.31. The Morgan fingerprint density at radius 3 is 2.07 bits per heavy atom. The van der Waals surface area contributed by atoms with E-state index in [4.69, 9.17) is 14.0 Å². The molecule has 0 saturated carbocycles. The molecule has 0 spiro atoms. The lowest BCUT2D eigenvalue weighted by Gasteiger charge is -2.26. The summed E-state index contributed by atoms with van der Waals surface area (Å²) >= 11 is 0. The SMILES string of the molecule is CCOC(=O)CCNC(=O)[C@H](Cc1ccc(-c2ccccc2)cc1)NCP(=O)(O)OC(OC(=O)Cc1ccccc1)C(C)C. The standard InChI is InChI=1S/C33H41N2O8P/c1-4-41-30(36)19-20-34-32(38)29(21-26-15-17-28(18-16-26)27-13-9-6-10-14-27)35-23-44(39,40)43-33(24(2)3)42-31(37)22-25-11-7-5-8-12-25/h5-18,24,29,33,35H,4,19-23H2,1-3H3,(H,34,38)(H,39,40)/t29-,33?/m0/s1. The summed E-state index contributed by atoms with van der Waals surface area (Å²) < 4.78 is 28.8. The fraction of sp³-hybridized carbons (Fsp3) is 0.364. The molecule has 0 saturated heterocycles. The van der Waals surface area contributed by atoms with E-state index < -0.39 is 50.0 Å². The van der Waals surface area contributed by atoms with Gasteiger partial charge in [-0.2, -0.15) is 0 Å². The van der Waals surface area contributed by atoms with Crippen LogP contribution >= 0.6 is 7.60 Å². The van der Waals surface area contributed by atoms with Gasteiger partial charge in [0.1, 0.15) is 0 Å². The molecule has 3 aromatic rings. The molecule has 236 valence electrons. The maximum atomic E-state index is 13.1. The van der Waals surface area contributed by atoms with Crippen molar-refractivity contribution in [3.8, 4) is 11.1 Å². The molecule has 0 radical (unpaired) electrons. The normalized spacial score (nSPS) is 13.8. The van der Waals surface area contributed by atoms with Gasteiger partial charge in [-0.1, -0.05) is 98.8 Å². The average molecular weight is 625 g/mol. The second-order valence-corrected chi connectivity index (χ2v) is 12.3. The lowest BCUT2D eigenvalue weighted by atomic mass is 10.0. The predicted octanol–water partition coefficient (Wildman–Crippen LogP) is 4.85. The molecule has 0 aliphatic carbocycles. The summed E-state index contributed by atoms with van der Waals surface area (Å²) in [6.45, 7) is 5.38. The second-order valence-electron chi connectivity index (χ2n) is 10.5. The third-order valence-corrected chi connectivity index (χ3v) is 7.66. The van der Waals surface area contributed by atoms with Gasteiger partial charge in [0.15, 0.2) is 0 Å². The predicted molar refractivity (Wildman–Crippen MR) is 167 cm³/mol. The zero-order valence-electron chi connectivity index (χ0n) is 25.3. The van der Waals surface area contributed by atoms with Gasteiger partial charge in [-0.3, -0.25) is 28.8 Å². The number of benzene rings is 3. The largest absolute Gasteiger partial charge is 0.466 e. The molecule has 3 atom stereocenters. The van der Waals surface area contributed by atoms with E-state index in [9.17, 15) is 23.8 Å². The first-order chi connectivity index (χ1) is 21.1. The Hall–Kier alpha value is -3.82. The summed E-state index contributed by atoms with van der Waals surface area (Å²) in [7, 11) is -4.38. The van der Waals surface area contributed by atoms with E-state index in [1.165, 1.54) is 0 Å². The van der Waals surface area contributed by atoms with Crippen molar-refractivity contribution in [1.29, 1.82) is 0 Å². The maximum absolute atomic E-state index is 13.1. The molecular weight excluding hydrogens is 583 g/mol. The molecule has 0 aliphatic rings. The third-order valence-electron chi connectivity index (χ3n) is 6.54. The van der Waals surface area contributed by atoms with Gasteiger partial charge in [-0.25, -0.2) is 0 Å². The highest BCUT2D eigenvalue weighted by Crippen LogP contribution is 2.43. The zero-order chi connectivity index (χ0) is 32.0. The van der Waals surface area contributed by atoms with Crippen LogP contribution in [-0.4, -0.2) is 54.5 Å². The highest BCUT2D eigenvalue weighted by atomic mass is 31.2. The molecule has 0 aliphatic heterocycles. The number of carbonyl (C=O) groups is 3. The van der Waals surface area contributed by atoms with Crippen LogP contribution in [0.1, 0.15) is 38.3 Å². The van der Waals surface area contributed by atoms with Crippen LogP contribution in [0.25, 0.3) is 11.1 Å². The highest BCUT2D eigenvalue weighted by molar-refractivity contribution is 7.52. The molecule has 3 rings (SSSR count). The van der Waals surface area contributed by atoms with E-state index >= 15 is 0 Å². The summed E-state index contributed by atoms with van der Waals surface area (Å²) in [6.07, 6.45) is -1.68. The molecule has 0 bridgehead atoms. The van der Waals surface area contributed by atoms with Gasteiger partial charge in [0.2, 0.25) is 12.2 Å². The number of carbonyl (C=O) groups excluding carboxylic acids is 3. The Morgan fingerprint density at radius 2 is 1.45 bits per heavy atom. The van der Waals surface area contributed by atoms with Crippen molar-refractivity contribution in [3.05, 3.63) is 96.1 Å². The van der Waals surface area contributed by atoms with E-state index in [0.29, 0.717) is 0 Å². The van der Waals surface area contributed by atoms with Crippen molar-refractivity contribution < 1.29 is 37.8 Å². The van der Waals surface area contributed by atoms with Crippen LogP contribution in [0.15, 0.2) is 84.9 Å². The number of esters is 2. The Bertz CT molecular complexity index is 1380. The minimum atomic E-state index is -4.38. The molecular formula is C33H41N2O8P. The third kappa shape index (κ3) is 12.1. The minimum Gasteiger partial charge on any atom is -0.466 e. The quantitative estimate of drug-likeness (QED) is 0.109. The number of ether oxygens (including phenoxy) is 2. The van der Waals surface area contributed by atoms with Crippen LogP contribution in [0.3, 0.4) is 0 Å². The number of amides is 1. The van der Waals surface area contributed by atoms with Crippen LogP contribution in [0.2, 0.25) is 0 Å². The topological polar surface area (TPSA) is 140 Å². The van der Waals surface area contributed by atoms with Crippen molar-refractivity contribution in [2.24, 2.45) is 5.92 Å². The van der Waals surface area contributed by atoms with Gasteiger partial charge in [0.05, 0.1) is 31.8 Å². The zero-order valence-corrected chi connectivity index (χ0v) is 26.2. The number of hydrogen-bond donors (Lipinski definition) is 3. The Balaban J connectivity index is 1.66. The molecule has 3 N–H and O–H groups in total. The van der Waals surface area contributed by atoms with Gasteiger partial charge in [-0.05, 0) is 35.6 Å². The van der Waals surface area contributed by atoms with Gasteiger partial charge < -0.3 is 19.7 Å². The summed E-state index contributed by atoms with van der Waals surface area (Å²) in [5.41, 5.74) is 3.61. The lowest BCUT2D eigenvalue weighted by molar-refractivity contribution is -0.169. The Kier molecular flexibility index (Phi) is 13.8. The monoisotopic (exact) mass is 624 g/mol. The number of hydrogen-bond acceptors (Lipinski definition) is 8. The van der Waals surface area contributed by atoms with E-state index in [0.717, 1.165) is 22.3 Å². The summed E-state index contributed by atoms with van der Waals surface area (Å²) in [6, 6.07) is 25.6. The van der Waals surface area contributed by atoms with Crippen LogP contribution < -0.4 is 10.6 Å². The Labute approximate surface area is 258 Å². The summed E-state index contributed by atoms with van der Waals surface area (Å²) in [5.74, 6) is -1.92. The molecule has 0 heterocycles. The van der Waals surface area contributed by atoms with E-state index in [1.807, 2.05) is 60.7 Å². The van der Waals surface area contributed by atoms with Crippen LogP contribution in [-0.2, 0) is 45.8 Å². The van der Waals surface area contributed by atoms with Crippen LogP contribution in [0, 0.1) is 5.92 Å². The molecule has 0 fully saturated rings. The van der Waals surface area contributed by atoms with Crippen molar-refractivity contribution in [3.63, 3.8) is 0 Å². The van der Waals surface area contributed by atoms with E-state index in [1.54, 1.807) is 45.0 Å². The lowest BCUT2D eigenvalue weighted by Crippen LogP contribution is -2.46. The van der Waals surface area contributed by atoms with Crippen molar-refractivity contribution >= 4 is 25.4 Å². The van der Waals surface area contributed by atoms with Crippen molar-refractivity contribution in [1.82, 2.24) is 10.6 Å². The number of nitrogens with one attached hydrogen (secondary N) is 2. The molecule has 3 aromatic carbocycles. The van der Waals surface area contributed by atoms with Gasteiger partial charge in [0, 0.05) is 12.5 Å². The van der Waals surface area contributed by atoms with Crippen molar-refractivity contribution in [2.45, 2.75) is 52.4 Å². The summed E-state index contributed by atoms with van der Waals surface area (Å²) in [4.78, 5) is 48.0. The molecule has 44 heavy (non-hydrogen) atoms. The average Bonchev–Trinajstić information content (AvgIpc) is 3.00.